The number of aromatic nitrogens is 2. The fourth-order valence-corrected chi connectivity index (χ4v) is 2.81. The lowest BCUT2D eigenvalue weighted by molar-refractivity contribution is 0.103. The molecule has 0 unspecified atom stereocenters. The third kappa shape index (κ3) is 3.56. The standard InChI is InChI=1S/C18H14N2O4S/c1-23-13-7-3-5-11(9-13)15(21)17-19-18(25-20-17)16(22)12-6-4-8-14(10-12)24-2/h3-10H,1-2H3. The lowest BCUT2D eigenvalue weighted by Gasteiger charge is -2.02. The van der Waals surface area contributed by atoms with E-state index in [4.69, 9.17) is 9.47 Å². The van der Waals surface area contributed by atoms with Crippen molar-refractivity contribution in [1.29, 1.82) is 0 Å². The van der Waals surface area contributed by atoms with Crippen molar-refractivity contribution < 1.29 is 19.1 Å². The second-order valence-electron chi connectivity index (χ2n) is 5.05. The fourth-order valence-electron chi connectivity index (χ4n) is 2.19. The molecule has 25 heavy (non-hydrogen) atoms. The molecule has 0 aliphatic heterocycles. The Hall–Kier alpha value is -3.06. The maximum atomic E-state index is 12.5. The maximum absolute atomic E-state index is 12.5. The van der Waals surface area contributed by atoms with Gasteiger partial charge in [0.25, 0.3) is 0 Å². The summed E-state index contributed by atoms with van der Waals surface area (Å²) in [5.41, 5.74) is 0.827. The number of methoxy groups -OCH3 is 2. The Morgan fingerprint density at radius 3 is 2.00 bits per heavy atom. The predicted octanol–water partition coefficient (Wildman–Crippen LogP) is 3.02. The van der Waals surface area contributed by atoms with Crippen LogP contribution in [0.1, 0.15) is 31.5 Å². The molecule has 0 radical (unpaired) electrons. The van der Waals surface area contributed by atoms with Crippen LogP contribution in [-0.4, -0.2) is 35.1 Å². The van der Waals surface area contributed by atoms with E-state index >= 15 is 0 Å². The molecule has 3 rings (SSSR count). The molecule has 0 saturated carbocycles. The van der Waals surface area contributed by atoms with Gasteiger partial charge in [0, 0.05) is 11.1 Å². The Kier molecular flexibility index (Phi) is 4.85. The lowest BCUT2D eigenvalue weighted by atomic mass is 10.1. The van der Waals surface area contributed by atoms with Gasteiger partial charge in [-0.2, -0.15) is 4.37 Å². The average molecular weight is 354 g/mol. The zero-order chi connectivity index (χ0) is 17.8. The molecule has 0 atom stereocenters. The molecule has 0 fully saturated rings. The first-order chi connectivity index (χ1) is 12.1. The van der Waals surface area contributed by atoms with Crippen molar-refractivity contribution in [3.05, 3.63) is 70.5 Å². The zero-order valence-corrected chi connectivity index (χ0v) is 14.4. The van der Waals surface area contributed by atoms with E-state index in [-0.39, 0.29) is 22.4 Å². The van der Waals surface area contributed by atoms with Crippen LogP contribution in [-0.2, 0) is 0 Å². The van der Waals surface area contributed by atoms with E-state index in [0.29, 0.717) is 22.6 Å². The molecule has 6 nitrogen and oxygen atoms in total. The van der Waals surface area contributed by atoms with E-state index in [1.807, 2.05) is 0 Å². The number of benzene rings is 2. The van der Waals surface area contributed by atoms with Gasteiger partial charge in [0.15, 0.2) is 5.01 Å². The minimum absolute atomic E-state index is 0.00972. The molecular weight excluding hydrogens is 340 g/mol. The van der Waals surface area contributed by atoms with Gasteiger partial charge in [-0.15, -0.1) is 0 Å². The molecule has 0 saturated heterocycles. The summed E-state index contributed by atoms with van der Waals surface area (Å²) in [5, 5.41) is 0.152. The molecule has 1 heterocycles. The molecule has 0 amide bonds. The maximum Gasteiger partial charge on any atom is 0.231 e. The van der Waals surface area contributed by atoms with E-state index in [0.717, 1.165) is 11.5 Å². The van der Waals surface area contributed by atoms with Gasteiger partial charge in [-0.1, -0.05) is 24.3 Å². The van der Waals surface area contributed by atoms with E-state index < -0.39 is 0 Å². The molecule has 0 aliphatic rings. The molecular formula is C18H14N2O4S. The first-order valence-electron chi connectivity index (χ1n) is 7.33. The van der Waals surface area contributed by atoms with Crippen molar-refractivity contribution >= 4 is 23.1 Å². The topological polar surface area (TPSA) is 78.4 Å². The average Bonchev–Trinajstić information content (AvgIpc) is 3.17. The summed E-state index contributed by atoms with van der Waals surface area (Å²) in [6.45, 7) is 0. The molecule has 0 aliphatic carbocycles. The van der Waals surface area contributed by atoms with Gasteiger partial charge < -0.3 is 9.47 Å². The Labute approximate surface area is 148 Å². The van der Waals surface area contributed by atoms with E-state index in [1.54, 1.807) is 48.5 Å². The molecule has 1 aromatic heterocycles. The van der Waals surface area contributed by atoms with Crippen LogP contribution < -0.4 is 9.47 Å². The molecule has 2 aromatic carbocycles. The first-order valence-corrected chi connectivity index (χ1v) is 8.11. The summed E-state index contributed by atoms with van der Waals surface area (Å²) in [5.74, 6) is 0.460. The van der Waals surface area contributed by atoms with Crippen LogP contribution in [0.25, 0.3) is 0 Å². The van der Waals surface area contributed by atoms with Gasteiger partial charge in [0.05, 0.1) is 14.2 Å². The predicted molar refractivity (Wildman–Crippen MR) is 92.8 cm³/mol. The number of hydrogen-bond donors (Lipinski definition) is 0. The Bertz CT molecular complexity index is 862. The molecule has 3 aromatic rings. The van der Waals surface area contributed by atoms with Crippen LogP contribution in [0.2, 0.25) is 0 Å². The van der Waals surface area contributed by atoms with E-state index in [9.17, 15) is 9.59 Å². The minimum atomic E-state index is -0.361. The highest BCUT2D eigenvalue weighted by molar-refractivity contribution is 7.08. The van der Waals surface area contributed by atoms with Crippen molar-refractivity contribution in [3.8, 4) is 11.5 Å². The fraction of sp³-hybridized carbons (Fsp3) is 0.111. The Morgan fingerprint density at radius 1 is 0.880 bits per heavy atom. The Balaban J connectivity index is 1.86. The third-order valence-electron chi connectivity index (χ3n) is 3.49. The van der Waals surface area contributed by atoms with Crippen LogP contribution in [0.5, 0.6) is 11.5 Å². The monoisotopic (exact) mass is 354 g/mol. The van der Waals surface area contributed by atoms with Gasteiger partial charge in [0.2, 0.25) is 17.4 Å². The number of ether oxygens (including phenoxy) is 2. The second-order valence-corrected chi connectivity index (χ2v) is 5.80. The second kappa shape index (κ2) is 7.23. The lowest BCUT2D eigenvalue weighted by Crippen LogP contribution is -2.06. The molecule has 126 valence electrons. The zero-order valence-electron chi connectivity index (χ0n) is 13.6. The van der Waals surface area contributed by atoms with Crippen molar-refractivity contribution in [2.24, 2.45) is 0 Å². The summed E-state index contributed by atoms with van der Waals surface area (Å²) in [6, 6.07) is 13.4. The SMILES string of the molecule is COc1cccc(C(=O)c2nsc(C(=O)c3cccc(OC)c3)n2)c1. The summed E-state index contributed by atoms with van der Waals surface area (Å²) in [6.07, 6.45) is 0. The van der Waals surface area contributed by atoms with E-state index in [2.05, 4.69) is 9.36 Å². The quantitative estimate of drug-likeness (QED) is 0.633. The van der Waals surface area contributed by atoms with E-state index in [1.165, 1.54) is 14.2 Å². The molecule has 0 spiro atoms. The Morgan fingerprint density at radius 2 is 1.44 bits per heavy atom. The van der Waals surface area contributed by atoms with Crippen LogP contribution in [0.4, 0.5) is 0 Å². The van der Waals surface area contributed by atoms with Crippen LogP contribution in [0.3, 0.4) is 0 Å². The molecule has 0 bridgehead atoms. The van der Waals surface area contributed by atoms with Crippen molar-refractivity contribution in [2.75, 3.05) is 14.2 Å². The van der Waals surface area contributed by atoms with Gasteiger partial charge in [-0.3, -0.25) is 9.59 Å². The van der Waals surface area contributed by atoms with Crippen LogP contribution >= 0.6 is 11.5 Å². The minimum Gasteiger partial charge on any atom is -0.497 e. The highest BCUT2D eigenvalue weighted by Crippen LogP contribution is 2.19. The molecule has 7 heteroatoms. The summed E-state index contributed by atoms with van der Waals surface area (Å²) < 4.78 is 14.2. The largest absolute Gasteiger partial charge is 0.497 e. The van der Waals surface area contributed by atoms with Crippen molar-refractivity contribution in [3.63, 3.8) is 0 Å². The van der Waals surface area contributed by atoms with Crippen LogP contribution in [0, 0.1) is 0 Å². The number of nitrogens with zero attached hydrogens (tertiary/aromatic N) is 2. The molecule has 0 N–H and O–H groups in total. The number of carbonyl (C=O) groups excluding carboxylic acids is 2. The van der Waals surface area contributed by atoms with Crippen molar-refractivity contribution in [1.82, 2.24) is 9.36 Å². The smallest absolute Gasteiger partial charge is 0.231 e. The van der Waals surface area contributed by atoms with Gasteiger partial charge in [-0.05, 0) is 35.8 Å². The van der Waals surface area contributed by atoms with Gasteiger partial charge >= 0.3 is 0 Å². The van der Waals surface area contributed by atoms with Crippen LogP contribution in [0.15, 0.2) is 48.5 Å². The number of rotatable bonds is 6. The summed E-state index contributed by atoms with van der Waals surface area (Å²) in [7, 11) is 3.05. The summed E-state index contributed by atoms with van der Waals surface area (Å²) in [4.78, 5) is 29.1. The number of carbonyl (C=O) groups is 2. The third-order valence-corrected chi connectivity index (χ3v) is 4.20. The first kappa shape index (κ1) is 16.8. The summed E-state index contributed by atoms with van der Waals surface area (Å²) >= 11 is 0.895. The normalized spacial score (nSPS) is 10.3. The highest BCUT2D eigenvalue weighted by atomic mass is 32.1. The highest BCUT2D eigenvalue weighted by Gasteiger charge is 2.20. The van der Waals surface area contributed by atoms with Gasteiger partial charge in [0.1, 0.15) is 11.5 Å². The van der Waals surface area contributed by atoms with Gasteiger partial charge in [-0.25, -0.2) is 4.98 Å². The number of hydrogen-bond acceptors (Lipinski definition) is 7. The van der Waals surface area contributed by atoms with Crippen molar-refractivity contribution in [2.45, 2.75) is 0 Å². The number of ketones is 2.